The summed E-state index contributed by atoms with van der Waals surface area (Å²) in [4.78, 5) is 0. The maximum absolute atomic E-state index is 11.9. The molecular formula is C8H6F3. The van der Waals surface area contributed by atoms with E-state index < -0.39 is 11.7 Å². The molecule has 0 fully saturated rings. The highest BCUT2D eigenvalue weighted by Gasteiger charge is 2.29. The van der Waals surface area contributed by atoms with Gasteiger partial charge in [-0.05, 0) is 30.7 Å². The fraction of sp³-hybridized carbons (Fsp3) is 0.250. The molecule has 0 aliphatic heterocycles. The third kappa shape index (κ3) is 1.97. The van der Waals surface area contributed by atoms with E-state index in [0.717, 1.165) is 12.1 Å². The van der Waals surface area contributed by atoms with Gasteiger partial charge in [0.25, 0.3) is 0 Å². The SMILES string of the molecule is Cc1c[c]cc(C(F)(F)F)c1. The van der Waals surface area contributed by atoms with Crippen molar-refractivity contribution in [1.29, 1.82) is 0 Å². The minimum absolute atomic E-state index is 0.569. The van der Waals surface area contributed by atoms with E-state index in [1.807, 2.05) is 0 Å². The van der Waals surface area contributed by atoms with E-state index >= 15 is 0 Å². The van der Waals surface area contributed by atoms with Crippen molar-refractivity contribution >= 4 is 0 Å². The summed E-state index contributed by atoms with van der Waals surface area (Å²) < 4.78 is 35.8. The first-order valence-electron chi connectivity index (χ1n) is 3.05. The van der Waals surface area contributed by atoms with Gasteiger partial charge in [-0.3, -0.25) is 0 Å². The Morgan fingerprint density at radius 1 is 1.27 bits per heavy atom. The number of rotatable bonds is 0. The summed E-state index contributed by atoms with van der Waals surface area (Å²) in [6.07, 6.45) is -4.25. The highest BCUT2D eigenvalue weighted by molar-refractivity contribution is 5.23. The van der Waals surface area contributed by atoms with Crippen LogP contribution in [0.3, 0.4) is 0 Å². The predicted octanol–water partition coefficient (Wildman–Crippen LogP) is 2.81. The molecule has 0 atom stereocenters. The lowest BCUT2D eigenvalue weighted by molar-refractivity contribution is -0.137. The molecule has 0 saturated carbocycles. The number of alkyl halides is 3. The summed E-state index contributed by atoms with van der Waals surface area (Å²) in [5, 5.41) is 0. The third-order valence-corrected chi connectivity index (χ3v) is 1.26. The van der Waals surface area contributed by atoms with E-state index in [1.54, 1.807) is 6.92 Å². The summed E-state index contributed by atoms with van der Waals surface area (Å²) >= 11 is 0. The van der Waals surface area contributed by atoms with Gasteiger partial charge in [-0.25, -0.2) is 0 Å². The quantitative estimate of drug-likeness (QED) is 0.546. The lowest BCUT2D eigenvalue weighted by Crippen LogP contribution is -2.04. The Hall–Kier alpha value is -0.990. The minimum Gasteiger partial charge on any atom is -0.166 e. The molecule has 0 bridgehead atoms. The highest BCUT2D eigenvalue weighted by Crippen LogP contribution is 2.29. The largest absolute Gasteiger partial charge is 0.416 e. The van der Waals surface area contributed by atoms with Crippen molar-refractivity contribution in [2.45, 2.75) is 13.1 Å². The first kappa shape index (κ1) is 8.11. The van der Waals surface area contributed by atoms with Crippen LogP contribution in [0.15, 0.2) is 18.2 Å². The zero-order chi connectivity index (χ0) is 8.48. The van der Waals surface area contributed by atoms with Gasteiger partial charge in [0.15, 0.2) is 0 Å². The number of aryl methyl sites for hydroxylation is 1. The molecule has 1 aromatic carbocycles. The predicted molar refractivity (Wildman–Crippen MR) is 35.0 cm³/mol. The fourth-order valence-electron chi connectivity index (χ4n) is 0.755. The Morgan fingerprint density at radius 3 is 2.27 bits per heavy atom. The molecule has 1 rings (SSSR count). The van der Waals surface area contributed by atoms with Gasteiger partial charge in [0.05, 0.1) is 5.56 Å². The normalized spacial score (nSPS) is 11.6. The van der Waals surface area contributed by atoms with Crippen LogP contribution in [-0.2, 0) is 6.18 Å². The number of hydrogen-bond acceptors (Lipinski definition) is 0. The monoisotopic (exact) mass is 159 g/mol. The summed E-state index contributed by atoms with van der Waals surface area (Å²) in [7, 11) is 0. The molecular weight excluding hydrogens is 153 g/mol. The van der Waals surface area contributed by atoms with Crippen molar-refractivity contribution in [3.8, 4) is 0 Å². The van der Waals surface area contributed by atoms with E-state index in [1.165, 1.54) is 6.07 Å². The smallest absolute Gasteiger partial charge is 0.166 e. The molecule has 11 heavy (non-hydrogen) atoms. The van der Waals surface area contributed by atoms with Crippen molar-refractivity contribution in [1.82, 2.24) is 0 Å². The molecule has 0 N–H and O–H groups in total. The van der Waals surface area contributed by atoms with Crippen LogP contribution in [0.4, 0.5) is 13.2 Å². The van der Waals surface area contributed by atoms with Crippen molar-refractivity contribution in [3.05, 3.63) is 35.4 Å². The van der Waals surface area contributed by atoms with Gasteiger partial charge in [-0.1, -0.05) is 6.07 Å². The maximum atomic E-state index is 11.9. The van der Waals surface area contributed by atoms with Crippen molar-refractivity contribution in [2.24, 2.45) is 0 Å². The molecule has 3 heteroatoms. The van der Waals surface area contributed by atoms with Gasteiger partial charge >= 0.3 is 6.18 Å². The second-order valence-electron chi connectivity index (χ2n) is 2.30. The fourth-order valence-corrected chi connectivity index (χ4v) is 0.755. The van der Waals surface area contributed by atoms with Crippen molar-refractivity contribution in [3.63, 3.8) is 0 Å². The molecule has 0 heterocycles. The summed E-state index contributed by atoms with van der Waals surface area (Å²) in [5.74, 6) is 0. The minimum atomic E-state index is -4.25. The van der Waals surface area contributed by atoms with Crippen molar-refractivity contribution < 1.29 is 13.2 Å². The first-order chi connectivity index (χ1) is 5.00. The molecule has 1 aromatic rings. The van der Waals surface area contributed by atoms with Gasteiger partial charge in [0.1, 0.15) is 0 Å². The third-order valence-electron chi connectivity index (χ3n) is 1.26. The summed E-state index contributed by atoms with van der Waals surface area (Å²) in [6.45, 7) is 1.60. The average molecular weight is 159 g/mol. The molecule has 0 aromatic heterocycles. The Labute approximate surface area is 62.7 Å². The number of hydrogen-bond donors (Lipinski definition) is 0. The van der Waals surface area contributed by atoms with E-state index in [4.69, 9.17) is 0 Å². The summed E-state index contributed by atoms with van der Waals surface area (Å²) in [5.41, 5.74) is -0.0719. The van der Waals surface area contributed by atoms with E-state index in [2.05, 4.69) is 6.07 Å². The molecule has 0 unspecified atom stereocenters. The molecule has 59 valence electrons. The van der Waals surface area contributed by atoms with E-state index in [-0.39, 0.29) is 0 Å². The zero-order valence-corrected chi connectivity index (χ0v) is 5.87. The second-order valence-corrected chi connectivity index (χ2v) is 2.30. The Morgan fingerprint density at radius 2 is 1.91 bits per heavy atom. The van der Waals surface area contributed by atoms with Gasteiger partial charge in [-0.15, -0.1) is 0 Å². The maximum Gasteiger partial charge on any atom is 0.416 e. The highest BCUT2D eigenvalue weighted by atomic mass is 19.4. The van der Waals surface area contributed by atoms with Crippen LogP contribution in [-0.4, -0.2) is 0 Å². The van der Waals surface area contributed by atoms with Gasteiger partial charge in [-0.2, -0.15) is 13.2 Å². The molecule has 1 radical (unpaired) electrons. The lowest BCUT2D eigenvalue weighted by Gasteiger charge is -2.05. The molecule has 0 saturated heterocycles. The van der Waals surface area contributed by atoms with Crippen LogP contribution in [0.5, 0.6) is 0 Å². The number of benzene rings is 1. The van der Waals surface area contributed by atoms with Gasteiger partial charge in [0.2, 0.25) is 0 Å². The van der Waals surface area contributed by atoms with Crippen LogP contribution < -0.4 is 0 Å². The Kier molecular flexibility index (Phi) is 1.89. The lowest BCUT2D eigenvalue weighted by atomic mass is 10.1. The van der Waals surface area contributed by atoms with Crippen molar-refractivity contribution in [2.75, 3.05) is 0 Å². The molecule has 0 aliphatic carbocycles. The van der Waals surface area contributed by atoms with Gasteiger partial charge < -0.3 is 0 Å². The zero-order valence-electron chi connectivity index (χ0n) is 5.87. The first-order valence-corrected chi connectivity index (χ1v) is 3.05. The summed E-state index contributed by atoms with van der Waals surface area (Å²) in [6, 6.07) is 5.96. The molecule has 0 nitrogen and oxygen atoms in total. The van der Waals surface area contributed by atoms with Crippen LogP contribution in [0.1, 0.15) is 11.1 Å². The topological polar surface area (TPSA) is 0 Å². The van der Waals surface area contributed by atoms with Crippen LogP contribution in [0.25, 0.3) is 0 Å². The standard InChI is InChI=1S/C8H6F3/c1-6-3-2-4-7(5-6)8(9,10)11/h3-5H,1H3. The molecule has 0 aliphatic rings. The average Bonchev–Trinajstić information content (AvgIpc) is 1.86. The van der Waals surface area contributed by atoms with E-state index in [0.29, 0.717) is 5.56 Å². The molecule has 0 amide bonds. The van der Waals surface area contributed by atoms with E-state index in [9.17, 15) is 13.2 Å². The van der Waals surface area contributed by atoms with Crippen LogP contribution in [0, 0.1) is 13.0 Å². The van der Waals surface area contributed by atoms with Crippen LogP contribution >= 0.6 is 0 Å². The second kappa shape index (κ2) is 2.57. The number of halogens is 3. The Bertz CT molecular complexity index is 250. The van der Waals surface area contributed by atoms with Crippen LogP contribution in [0.2, 0.25) is 0 Å². The van der Waals surface area contributed by atoms with Gasteiger partial charge in [0, 0.05) is 0 Å². The Balaban J connectivity index is 3.06. The molecule has 0 spiro atoms.